The number of hydrogen-bond acceptors (Lipinski definition) is 3. The Kier molecular flexibility index (Phi) is 3.02. The smallest absolute Gasteiger partial charge is 0.179 e. The number of fused-ring (bicyclic) bond motifs is 2. The Hall–Kier alpha value is -1.76. The zero-order valence-electron chi connectivity index (χ0n) is 11.1. The lowest BCUT2D eigenvalue weighted by molar-refractivity contribution is 0.613. The van der Waals surface area contributed by atoms with Crippen molar-refractivity contribution in [1.82, 2.24) is 9.97 Å². The first-order valence-corrected chi connectivity index (χ1v) is 7.78. The molecule has 0 fully saturated rings. The molecule has 0 saturated carbocycles. The van der Waals surface area contributed by atoms with Crippen LogP contribution in [0.15, 0.2) is 42.7 Å². The number of rotatable bonds is 1. The number of anilines is 2. The third-order valence-corrected chi connectivity index (χ3v) is 4.52. The minimum Gasteiger partial charge on any atom is -0.338 e. The molecule has 5 heteroatoms. The van der Waals surface area contributed by atoms with Crippen molar-refractivity contribution in [3.63, 3.8) is 0 Å². The van der Waals surface area contributed by atoms with Crippen molar-refractivity contribution in [1.29, 1.82) is 0 Å². The van der Waals surface area contributed by atoms with E-state index in [1.807, 2.05) is 64.0 Å². The highest BCUT2D eigenvalue weighted by Crippen LogP contribution is 2.39. The lowest BCUT2D eigenvalue weighted by Crippen LogP contribution is -2.16. The van der Waals surface area contributed by atoms with Gasteiger partial charge in [0.05, 0.1) is 11.2 Å². The zero-order valence-corrected chi connectivity index (χ0v) is 13.2. The first-order chi connectivity index (χ1) is 10.3. The van der Waals surface area contributed by atoms with E-state index in [-0.39, 0.29) is 5.82 Å². The number of nitrogens with zero attached hydrogens (tertiary/aromatic N) is 3. The maximum Gasteiger partial charge on any atom is 0.179 e. The second-order valence-electron chi connectivity index (χ2n) is 4.99. The second-order valence-corrected chi connectivity index (χ2v) is 6.01. The van der Waals surface area contributed by atoms with E-state index in [1.165, 1.54) is 0 Å². The van der Waals surface area contributed by atoms with E-state index in [4.69, 9.17) is 0 Å². The average molecular weight is 391 g/mol. The number of pyridine rings is 2. The molecule has 3 aromatic rings. The second kappa shape index (κ2) is 4.91. The van der Waals surface area contributed by atoms with Crippen LogP contribution in [0.5, 0.6) is 0 Å². The summed E-state index contributed by atoms with van der Waals surface area (Å²) in [5, 5.41) is 0.847. The maximum atomic E-state index is 14.8. The number of benzene rings is 1. The van der Waals surface area contributed by atoms with Gasteiger partial charge in [-0.15, -0.1) is 0 Å². The van der Waals surface area contributed by atoms with E-state index < -0.39 is 0 Å². The molecule has 0 radical (unpaired) electrons. The largest absolute Gasteiger partial charge is 0.338 e. The van der Waals surface area contributed by atoms with Gasteiger partial charge in [-0.3, -0.25) is 4.98 Å². The summed E-state index contributed by atoms with van der Waals surface area (Å²) in [4.78, 5) is 10.5. The highest BCUT2D eigenvalue weighted by molar-refractivity contribution is 14.1. The maximum absolute atomic E-state index is 14.8. The van der Waals surface area contributed by atoms with Crippen LogP contribution in [0.2, 0.25) is 0 Å². The molecule has 0 amide bonds. The molecular formula is C16H11FIN3. The molecule has 0 bridgehead atoms. The number of aromatic nitrogens is 2. The molecular weight excluding hydrogens is 380 g/mol. The van der Waals surface area contributed by atoms with Gasteiger partial charge in [0.1, 0.15) is 3.70 Å². The molecule has 0 N–H and O–H groups in total. The Bertz CT molecular complexity index is 850. The van der Waals surface area contributed by atoms with Gasteiger partial charge in [0.2, 0.25) is 0 Å². The Labute approximate surface area is 135 Å². The van der Waals surface area contributed by atoms with Crippen molar-refractivity contribution >= 4 is 44.9 Å². The van der Waals surface area contributed by atoms with Crippen LogP contribution in [-0.2, 0) is 6.42 Å². The van der Waals surface area contributed by atoms with Gasteiger partial charge in [-0.25, -0.2) is 9.37 Å². The number of hydrogen-bond donors (Lipinski definition) is 0. The molecule has 0 unspecified atom stereocenters. The van der Waals surface area contributed by atoms with Gasteiger partial charge in [0.25, 0.3) is 0 Å². The van der Waals surface area contributed by atoms with Gasteiger partial charge in [-0.05, 0) is 46.7 Å². The lowest BCUT2D eigenvalue weighted by atomic mass is 10.1. The van der Waals surface area contributed by atoms with Gasteiger partial charge in [-0.1, -0.05) is 18.2 Å². The van der Waals surface area contributed by atoms with E-state index in [1.54, 1.807) is 6.20 Å². The molecule has 0 atom stereocenters. The first-order valence-electron chi connectivity index (χ1n) is 6.70. The summed E-state index contributed by atoms with van der Waals surface area (Å²) in [6, 6.07) is 9.64. The Morgan fingerprint density at radius 3 is 2.95 bits per heavy atom. The van der Waals surface area contributed by atoms with Crippen molar-refractivity contribution in [3.8, 4) is 0 Å². The molecule has 1 aromatic carbocycles. The van der Waals surface area contributed by atoms with E-state index >= 15 is 0 Å². The molecule has 3 nitrogen and oxygen atoms in total. The molecule has 1 aliphatic heterocycles. The Morgan fingerprint density at radius 1 is 1.19 bits per heavy atom. The summed E-state index contributed by atoms with van der Waals surface area (Å²) in [6.45, 7) is 0.766. The van der Waals surface area contributed by atoms with Crippen molar-refractivity contribution in [2.75, 3.05) is 11.4 Å². The van der Waals surface area contributed by atoms with Gasteiger partial charge < -0.3 is 4.90 Å². The van der Waals surface area contributed by atoms with Gasteiger partial charge in [0, 0.05) is 30.0 Å². The van der Waals surface area contributed by atoms with Gasteiger partial charge >= 0.3 is 0 Å². The third kappa shape index (κ3) is 1.98. The van der Waals surface area contributed by atoms with E-state index in [0.29, 0.717) is 9.39 Å². The molecule has 4 rings (SSSR count). The summed E-state index contributed by atoms with van der Waals surface area (Å²) in [7, 11) is 0. The zero-order chi connectivity index (χ0) is 14.4. The van der Waals surface area contributed by atoms with E-state index in [2.05, 4.69) is 9.97 Å². The predicted molar refractivity (Wildman–Crippen MR) is 89.4 cm³/mol. The van der Waals surface area contributed by atoms with Crippen LogP contribution < -0.4 is 4.90 Å². The molecule has 2 aromatic heterocycles. The number of para-hydroxylation sites is 1. The quantitative estimate of drug-likeness (QED) is 0.463. The third-order valence-electron chi connectivity index (χ3n) is 3.81. The van der Waals surface area contributed by atoms with Crippen molar-refractivity contribution in [2.24, 2.45) is 0 Å². The fraction of sp³-hybridized carbons (Fsp3) is 0.125. The Morgan fingerprint density at radius 2 is 2.05 bits per heavy atom. The van der Waals surface area contributed by atoms with Crippen LogP contribution in [0, 0.1) is 9.52 Å². The summed E-state index contributed by atoms with van der Waals surface area (Å²) in [5.74, 6) is -0.251. The van der Waals surface area contributed by atoms with Crippen LogP contribution >= 0.6 is 22.6 Å². The molecule has 104 valence electrons. The van der Waals surface area contributed by atoms with Crippen LogP contribution in [-0.4, -0.2) is 16.5 Å². The molecule has 0 spiro atoms. The number of halogens is 2. The molecule has 3 heterocycles. The molecule has 21 heavy (non-hydrogen) atoms. The van der Waals surface area contributed by atoms with Crippen molar-refractivity contribution < 1.29 is 4.39 Å². The highest BCUT2D eigenvalue weighted by Gasteiger charge is 2.26. The monoisotopic (exact) mass is 391 g/mol. The van der Waals surface area contributed by atoms with Crippen LogP contribution in [0.4, 0.5) is 15.8 Å². The lowest BCUT2D eigenvalue weighted by Gasteiger charge is -2.22. The molecule has 0 saturated heterocycles. The fourth-order valence-electron chi connectivity index (χ4n) is 2.87. The van der Waals surface area contributed by atoms with Gasteiger partial charge in [-0.2, -0.15) is 0 Å². The summed E-state index contributed by atoms with van der Waals surface area (Å²) >= 11 is 1.96. The molecule has 1 aliphatic rings. The summed E-state index contributed by atoms with van der Waals surface area (Å²) < 4.78 is 15.2. The normalized spacial score (nSPS) is 13.7. The fourth-order valence-corrected chi connectivity index (χ4v) is 3.38. The van der Waals surface area contributed by atoms with Crippen molar-refractivity contribution in [2.45, 2.75) is 6.42 Å². The van der Waals surface area contributed by atoms with E-state index in [9.17, 15) is 4.39 Å². The summed E-state index contributed by atoms with van der Waals surface area (Å²) in [6.07, 6.45) is 4.50. The minimum atomic E-state index is -0.251. The molecule has 0 aliphatic carbocycles. The standard InChI is InChI=1S/C16H11FIN3/c17-14-15(11-3-1-2-4-12(11)20-16(14)18)21-8-6-10-9-19-7-5-13(10)21/h1-5,7,9H,6,8H2. The Balaban J connectivity index is 2.01. The summed E-state index contributed by atoms with van der Waals surface area (Å²) in [5.41, 5.74) is 3.64. The predicted octanol–water partition coefficient (Wildman–Crippen LogP) is 4.07. The van der Waals surface area contributed by atoms with Crippen LogP contribution in [0.1, 0.15) is 5.56 Å². The highest BCUT2D eigenvalue weighted by atomic mass is 127. The SMILES string of the molecule is Fc1c(I)nc2ccccc2c1N1CCc2cnccc21. The van der Waals surface area contributed by atoms with Crippen LogP contribution in [0.3, 0.4) is 0 Å². The van der Waals surface area contributed by atoms with Crippen molar-refractivity contribution in [3.05, 3.63) is 57.8 Å². The topological polar surface area (TPSA) is 29.0 Å². The minimum absolute atomic E-state index is 0.251. The first kappa shape index (κ1) is 12.9. The van der Waals surface area contributed by atoms with E-state index in [0.717, 1.165) is 35.1 Å². The average Bonchev–Trinajstić information content (AvgIpc) is 2.92. The van der Waals surface area contributed by atoms with Gasteiger partial charge in [0.15, 0.2) is 5.82 Å². The van der Waals surface area contributed by atoms with Crippen LogP contribution in [0.25, 0.3) is 10.9 Å².